The van der Waals surface area contributed by atoms with E-state index < -0.39 is 5.97 Å². The molecule has 154 valence electrons. The average Bonchev–Trinajstić information content (AvgIpc) is 3.07. The van der Waals surface area contributed by atoms with Gasteiger partial charge < -0.3 is 19.9 Å². The molecule has 0 bridgehead atoms. The number of nitrogens with zero attached hydrogens (tertiary/aromatic N) is 3. The minimum Gasteiger partial charge on any atom is -0.478 e. The van der Waals surface area contributed by atoms with E-state index in [1.54, 1.807) is 23.9 Å². The van der Waals surface area contributed by atoms with Crippen molar-refractivity contribution in [3.63, 3.8) is 0 Å². The zero-order chi connectivity index (χ0) is 20.8. The van der Waals surface area contributed by atoms with Gasteiger partial charge in [0.15, 0.2) is 0 Å². The fourth-order valence-corrected chi connectivity index (χ4v) is 3.87. The first kappa shape index (κ1) is 21.2. The van der Waals surface area contributed by atoms with E-state index in [0.717, 1.165) is 49.8 Å². The quantitative estimate of drug-likeness (QED) is 0.460. The zero-order valence-electron chi connectivity index (χ0n) is 17.2. The van der Waals surface area contributed by atoms with Crippen molar-refractivity contribution in [1.82, 2.24) is 14.5 Å². The van der Waals surface area contributed by atoms with Crippen LogP contribution in [0.25, 0.3) is 11.0 Å². The second-order valence-electron chi connectivity index (χ2n) is 6.83. The molecule has 0 aliphatic rings. The smallest absolute Gasteiger partial charge is 0.335 e. The Kier molecular flexibility index (Phi) is 7.17. The van der Waals surface area contributed by atoms with Crippen molar-refractivity contribution < 1.29 is 9.90 Å². The molecule has 6 nitrogen and oxygen atoms in total. The number of aryl methyl sites for hydroxylation is 1. The van der Waals surface area contributed by atoms with Crippen molar-refractivity contribution in [2.24, 2.45) is 0 Å². The maximum atomic E-state index is 11.4. The predicted molar refractivity (Wildman–Crippen MR) is 121 cm³/mol. The number of rotatable bonds is 10. The number of anilines is 2. The first-order valence-corrected chi connectivity index (χ1v) is 11.1. The minimum atomic E-state index is -0.940. The molecule has 2 N–H and O–H groups in total. The molecule has 1 heterocycles. The molecule has 3 rings (SSSR count). The molecule has 0 radical (unpaired) electrons. The number of aromatic carboxylic acids is 1. The summed E-state index contributed by atoms with van der Waals surface area (Å²) in [4.78, 5) is 19.6. The normalized spacial score (nSPS) is 11.3. The molecule has 1 aromatic heterocycles. The molecule has 3 aromatic rings. The predicted octanol–water partition coefficient (Wildman–Crippen LogP) is 4.93. The largest absolute Gasteiger partial charge is 0.478 e. The van der Waals surface area contributed by atoms with Gasteiger partial charge in [0.2, 0.25) is 5.95 Å². The topological polar surface area (TPSA) is 70.4 Å². The van der Waals surface area contributed by atoms with E-state index in [2.05, 4.69) is 47.0 Å². The Morgan fingerprint density at radius 2 is 2.00 bits per heavy atom. The van der Waals surface area contributed by atoms with Crippen LogP contribution < -0.4 is 5.32 Å². The monoisotopic (exact) mass is 412 g/mol. The number of carbonyl (C=O) groups is 1. The Hall–Kier alpha value is -2.51. The van der Waals surface area contributed by atoms with E-state index in [-0.39, 0.29) is 5.56 Å². The number of nitrogens with one attached hydrogen (secondary N) is 1. The van der Waals surface area contributed by atoms with Gasteiger partial charge in [0.1, 0.15) is 0 Å². The Morgan fingerprint density at radius 3 is 2.69 bits per heavy atom. The summed E-state index contributed by atoms with van der Waals surface area (Å²) in [5, 5.41) is 12.7. The van der Waals surface area contributed by atoms with E-state index in [0.29, 0.717) is 5.52 Å². The molecular weight excluding hydrogens is 384 g/mol. The van der Waals surface area contributed by atoms with Gasteiger partial charge in [0.05, 0.1) is 16.6 Å². The molecule has 0 unspecified atom stereocenters. The Bertz CT molecular complexity index is 982. The minimum absolute atomic E-state index is 0.251. The number of hydrogen-bond acceptors (Lipinski definition) is 5. The maximum Gasteiger partial charge on any atom is 0.335 e. The van der Waals surface area contributed by atoms with Gasteiger partial charge in [0, 0.05) is 17.1 Å². The van der Waals surface area contributed by atoms with Crippen molar-refractivity contribution in [1.29, 1.82) is 0 Å². The van der Waals surface area contributed by atoms with Gasteiger partial charge in [-0.1, -0.05) is 19.9 Å². The number of fused-ring (bicyclic) bond motifs is 1. The van der Waals surface area contributed by atoms with E-state index in [1.807, 2.05) is 18.2 Å². The number of carboxylic acid groups (broad SMARTS) is 1. The molecule has 2 aromatic carbocycles. The van der Waals surface area contributed by atoms with Gasteiger partial charge in [0.25, 0.3) is 0 Å². The van der Waals surface area contributed by atoms with Crippen LogP contribution in [0.15, 0.2) is 47.4 Å². The standard InChI is InChI=1S/C22H28N4O2S/c1-4-25(5-2)12-7-13-26-20-11-10-16(21(27)28)14-19(20)24-22(26)23-17-8-6-9-18(15-17)29-3/h6,8-11,14-15H,4-5,7,12-13H2,1-3H3,(H,23,24)(H,27,28). The van der Waals surface area contributed by atoms with E-state index in [4.69, 9.17) is 4.98 Å². The third-order valence-electron chi connectivity index (χ3n) is 5.07. The summed E-state index contributed by atoms with van der Waals surface area (Å²) < 4.78 is 2.15. The lowest BCUT2D eigenvalue weighted by atomic mass is 10.2. The molecule has 0 atom stereocenters. The number of imidazole rings is 1. The molecule has 0 aliphatic heterocycles. The first-order valence-electron chi connectivity index (χ1n) is 9.92. The molecule has 0 saturated heterocycles. The van der Waals surface area contributed by atoms with Crippen LogP contribution >= 0.6 is 11.8 Å². The highest BCUT2D eigenvalue weighted by atomic mass is 32.2. The highest BCUT2D eigenvalue weighted by molar-refractivity contribution is 7.98. The molecule has 0 aliphatic carbocycles. The number of benzene rings is 2. The van der Waals surface area contributed by atoms with Gasteiger partial charge in [-0.3, -0.25) is 0 Å². The lowest BCUT2D eigenvalue weighted by molar-refractivity contribution is 0.0697. The molecule has 7 heteroatoms. The second kappa shape index (κ2) is 9.80. The summed E-state index contributed by atoms with van der Waals surface area (Å²) in [5.41, 5.74) is 2.85. The summed E-state index contributed by atoms with van der Waals surface area (Å²) in [5.74, 6) is -0.203. The highest BCUT2D eigenvalue weighted by Crippen LogP contribution is 2.26. The van der Waals surface area contributed by atoms with Gasteiger partial charge in [-0.05, 0) is 68.7 Å². The van der Waals surface area contributed by atoms with Crippen LogP contribution in [0.5, 0.6) is 0 Å². The lowest BCUT2D eigenvalue weighted by Gasteiger charge is -2.18. The molecule has 0 spiro atoms. The van der Waals surface area contributed by atoms with Crippen molar-refractivity contribution in [2.75, 3.05) is 31.2 Å². The van der Waals surface area contributed by atoms with Crippen molar-refractivity contribution in [2.45, 2.75) is 31.7 Å². The van der Waals surface area contributed by atoms with Crippen molar-refractivity contribution in [3.8, 4) is 0 Å². The average molecular weight is 413 g/mol. The van der Waals surface area contributed by atoms with Gasteiger partial charge >= 0.3 is 5.97 Å². The van der Waals surface area contributed by atoms with E-state index >= 15 is 0 Å². The van der Waals surface area contributed by atoms with E-state index in [9.17, 15) is 9.90 Å². The number of thioether (sulfide) groups is 1. The summed E-state index contributed by atoms with van der Waals surface area (Å²) >= 11 is 1.69. The molecule has 0 fully saturated rings. The summed E-state index contributed by atoms with van der Waals surface area (Å²) in [6, 6.07) is 13.3. The Labute approximate surface area is 175 Å². The molecular formula is C22H28N4O2S. The van der Waals surface area contributed by atoms with Crippen LogP contribution in [-0.2, 0) is 6.54 Å². The van der Waals surface area contributed by atoms with Crippen LogP contribution in [0.3, 0.4) is 0 Å². The maximum absolute atomic E-state index is 11.4. The Morgan fingerprint density at radius 1 is 1.21 bits per heavy atom. The summed E-state index contributed by atoms with van der Waals surface area (Å²) in [7, 11) is 0. The number of aromatic nitrogens is 2. The fourth-order valence-electron chi connectivity index (χ4n) is 3.41. The van der Waals surface area contributed by atoms with Gasteiger partial charge in [-0.25, -0.2) is 9.78 Å². The Balaban J connectivity index is 1.93. The van der Waals surface area contributed by atoms with Crippen LogP contribution in [0.4, 0.5) is 11.6 Å². The van der Waals surface area contributed by atoms with Crippen molar-refractivity contribution >= 4 is 40.4 Å². The highest BCUT2D eigenvalue weighted by Gasteiger charge is 2.14. The van der Waals surface area contributed by atoms with Crippen LogP contribution in [0.2, 0.25) is 0 Å². The van der Waals surface area contributed by atoms with Crippen LogP contribution in [-0.4, -0.2) is 51.4 Å². The SMILES string of the molecule is CCN(CC)CCCn1c(Nc2cccc(SC)c2)nc2cc(C(=O)O)ccc21. The van der Waals surface area contributed by atoms with Crippen LogP contribution in [0.1, 0.15) is 30.6 Å². The molecule has 29 heavy (non-hydrogen) atoms. The molecule has 0 saturated carbocycles. The number of hydrogen-bond donors (Lipinski definition) is 2. The fraction of sp³-hybridized carbons (Fsp3) is 0.364. The molecule has 0 amide bonds. The summed E-state index contributed by atoms with van der Waals surface area (Å²) in [6.07, 6.45) is 3.04. The third kappa shape index (κ3) is 5.10. The number of carboxylic acids is 1. The van der Waals surface area contributed by atoms with Gasteiger partial charge in [-0.15, -0.1) is 11.8 Å². The second-order valence-corrected chi connectivity index (χ2v) is 7.71. The zero-order valence-corrected chi connectivity index (χ0v) is 18.0. The summed E-state index contributed by atoms with van der Waals surface area (Å²) in [6.45, 7) is 8.25. The van der Waals surface area contributed by atoms with Crippen molar-refractivity contribution in [3.05, 3.63) is 48.0 Å². The third-order valence-corrected chi connectivity index (χ3v) is 5.80. The van der Waals surface area contributed by atoms with Gasteiger partial charge in [-0.2, -0.15) is 0 Å². The van der Waals surface area contributed by atoms with E-state index in [1.165, 1.54) is 4.90 Å². The lowest BCUT2D eigenvalue weighted by Crippen LogP contribution is -2.25. The first-order chi connectivity index (χ1) is 14.0. The van der Waals surface area contributed by atoms with Crippen LogP contribution in [0, 0.1) is 0 Å².